The molecule has 0 aliphatic carbocycles. The van der Waals surface area contributed by atoms with Gasteiger partial charge in [0.05, 0.1) is 6.04 Å². The van der Waals surface area contributed by atoms with E-state index in [1.807, 2.05) is 19.2 Å². The molecule has 1 aromatic rings. The Hall–Kier alpha value is -1.63. The summed E-state index contributed by atoms with van der Waals surface area (Å²) in [7, 11) is 0. The Bertz CT molecular complexity index is 432. The van der Waals surface area contributed by atoms with E-state index in [2.05, 4.69) is 15.5 Å². The minimum atomic E-state index is -1.01. The van der Waals surface area contributed by atoms with Crippen LogP contribution in [-0.4, -0.2) is 21.9 Å². The van der Waals surface area contributed by atoms with E-state index in [4.69, 9.17) is 10.9 Å². The minimum Gasteiger partial charge on any atom is -0.409 e. The smallest absolute Gasteiger partial charge is 0.234 e. The van der Waals surface area contributed by atoms with Gasteiger partial charge in [-0.25, -0.2) is 4.98 Å². The van der Waals surface area contributed by atoms with Gasteiger partial charge in [-0.3, -0.25) is 4.79 Å². The van der Waals surface area contributed by atoms with Crippen LogP contribution in [0, 0.1) is 5.41 Å². The highest BCUT2D eigenvalue weighted by Gasteiger charge is 2.37. The molecule has 2 atom stereocenters. The molecule has 1 rings (SSSR count). The number of nitrogens with zero attached hydrogens (tertiary/aromatic N) is 2. The molecule has 0 saturated carbocycles. The Morgan fingerprint density at radius 2 is 2.44 bits per heavy atom. The molecule has 0 fully saturated rings. The minimum absolute atomic E-state index is 0.0890. The van der Waals surface area contributed by atoms with Crippen molar-refractivity contribution < 1.29 is 10.0 Å². The van der Waals surface area contributed by atoms with Crippen molar-refractivity contribution in [2.24, 2.45) is 16.3 Å². The highest BCUT2D eigenvalue weighted by molar-refractivity contribution is 7.09. The summed E-state index contributed by atoms with van der Waals surface area (Å²) in [4.78, 5) is 16.3. The molecule has 1 aromatic heterocycles. The van der Waals surface area contributed by atoms with Crippen LogP contribution in [0.15, 0.2) is 16.7 Å². The largest absolute Gasteiger partial charge is 0.409 e. The predicted molar refractivity (Wildman–Crippen MR) is 70.5 cm³/mol. The zero-order chi connectivity index (χ0) is 13.8. The summed E-state index contributed by atoms with van der Waals surface area (Å²) in [6, 6.07) is -0.199. The number of amides is 1. The number of aromatic nitrogens is 1. The van der Waals surface area contributed by atoms with Crippen molar-refractivity contribution in [3.63, 3.8) is 0 Å². The lowest BCUT2D eigenvalue weighted by Crippen LogP contribution is -2.48. The van der Waals surface area contributed by atoms with E-state index in [9.17, 15) is 4.79 Å². The SMILES string of the molecule is CCC(C)(C(=O)NC(C)c1nccs1)/C(N)=N/O. The van der Waals surface area contributed by atoms with Crippen molar-refractivity contribution in [1.29, 1.82) is 0 Å². The van der Waals surface area contributed by atoms with Gasteiger partial charge in [0.15, 0.2) is 5.84 Å². The maximum absolute atomic E-state index is 12.2. The van der Waals surface area contributed by atoms with E-state index in [0.29, 0.717) is 6.42 Å². The van der Waals surface area contributed by atoms with Gasteiger partial charge in [0.1, 0.15) is 10.4 Å². The van der Waals surface area contributed by atoms with Crippen molar-refractivity contribution in [2.45, 2.75) is 33.2 Å². The lowest BCUT2D eigenvalue weighted by Gasteiger charge is -2.26. The maximum Gasteiger partial charge on any atom is 0.234 e. The van der Waals surface area contributed by atoms with Gasteiger partial charge in [-0.15, -0.1) is 11.3 Å². The molecule has 0 bridgehead atoms. The summed E-state index contributed by atoms with van der Waals surface area (Å²) in [5, 5.41) is 17.2. The van der Waals surface area contributed by atoms with E-state index in [-0.39, 0.29) is 17.8 Å². The number of carbonyl (C=O) groups excluding carboxylic acids is 1. The van der Waals surface area contributed by atoms with Crippen molar-refractivity contribution in [3.05, 3.63) is 16.6 Å². The molecule has 4 N–H and O–H groups in total. The molecule has 0 aromatic carbocycles. The van der Waals surface area contributed by atoms with Crippen molar-refractivity contribution in [3.8, 4) is 0 Å². The third kappa shape index (κ3) is 2.79. The van der Waals surface area contributed by atoms with Crippen LogP contribution in [-0.2, 0) is 4.79 Å². The number of thiazole rings is 1. The first-order valence-corrected chi connectivity index (χ1v) is 6.52. The molecule has 1 heterocycles. The molecule has 2 unspecified atom stereocenters. The number of nitrogens with two attached hydrogens (primary N) is 1. The van der Waals surface area contributed by atoms with Crippen LogP contribution in [0.2, 0.25) is 0 Å². The summed E-state index contributed by atoms with van der Waals surface area (Å²) in [6.07, 6.45) is 2.13. The lowest BCUT2D eigenvalue weighted by molar-refractivity contribution is -0.127. The molecular formula is C11H18N4O2S. The second-order valence-corrected chi connectivity index (χ2v) is 5.16. The van der Waals surface area contributed by atoms with Crippen LogP contribution >= 0.6 is 11.3 Å². The molecule has 0 aliphatic rings. The third-order valence-electron chi connectivity index (χ3n) is 3.05. The molecule has 18 heavy (non-hydrogen) atoms. The average molecular weight is 270 g/mol. The predicted octanol–water partition coefficient (Wildman–Crippen LogP) is 1.48. The van der Waals surface area contributed by atoms with Gasteiger partial charge in [0, 0.05) is 11.6 Å². The van der Waals surface area contributed by atoms with E-state index >= 15 is 0 Å². The molecule has 0 aliphatic heterocycles. The zero-order valence-electron chi connectivity index (χ0n) is 10.7. The normalized spacial score (nSPS) is 16.9. The Balaban J connectivity index is 2.81. The number of rotatable bonds is 5. The standard InChI is InChI=1S/C11H18N4O2S/c1-4-11(3,9(12)15-17)10(16)14-7(2)8-13-5-6-18-8/h5-7,17H,4H2,1-3H3,(H2,12,15)(H,14,16). The number of hydrogen-bond donors (Lipinski definition) is 3. The van der Waals surface area contributed by atoms with Gasteiger partial charge in [-0.1, -0.05) is 12.1 Å². The summed E-state index contributed by atoms with van der Waals surface area (Å²) >= 11 is 1.47. The van der Waals surface area contributed by atoms with Crippen molar-refractivity contribution >= 4 is 23.1 Å². The quantitative estimate of drug-likeness (QED) is 0.326. The monoisotopic (exact) mass is 270 g/mol. The van der Waals surface area contributed by atoms with Crippen LogP contribution in [0.5, 0.6) is 0 Å². The van der Waals surface area contributed by atoms with E-state index < -0.39 is 5.41 Å². The fourth-order valence-corrected chi connectivity index (χ4v) is 2.08. The van der Waals surface area contributed by atoms with Gasteiger partial charge in [0.2, 0.25) is 5.91 Å². The number of hydrogen-bond acceptors (Lipinski definition) is 5. The topological polar surface area (TPSA) is 101 Å². The molecule has 0 saturated heterocycles. The van der Waals surface area contributed by atoms with Crippen molar-refractivity contribution in [1.82, 2.24) is 10.3 Å². The molecule has 6 nitrogen and oxygen atoms in total. The maximum atomic E-state index is 12.2. The number of carbonyl (C=O) groups is 1. The Kier molecular flexibility index (Phi) is 4.66. The van der Waals surface area contributed by atoms with E-state index in [0.717, 1.165) is 5.01 Å². The first-order chi connectivity index (χ1) is 8.45. The Labute approximate surface area is 110 Å². The number of nitrogens with one attached hydrogen (secondary N) is 1. The Morgan fingerprint density at radius 3 is 2.89 bits per heavy atom. The summed E-state index contributed by atoms with van der Waals surface area (Å²) < 4.78 is 0. The first-order valence-electron chi connectivity index (χ1n) is 5.64. The van der Waals surface area contributed by atoms with Crippen LogP contribution < -0.4 is 11.1 Å². The highest BCUT2D eigenvalue weighted by atomic mass is 32.1. The molecule has 100 valence electrons. The van der Waals surface area contributed by atoms with Crippen molar-refractivity contribution in [2.75, 3.05) is 0 Å². The second kappa shape index (κ2) is 5.81. The zero-order valence-corrected chi connectivity index (χ0v) is 11.5. The summed E-state index contributed by atoms with van der Waals surface area (Å²) in [6.45, 7) is 5.30. The highest BCUT2D eigenvalue weighted by Crippen LogP contribution is 2.24. The Morgan fingerprint density at radius 1 is 1.78 bits per heavy atom. The molecule has 0 radical (unpaired) electrons. The molecule has 1 amide bonds. The van der Waals surface area contributed by atoms with E-state index in [1.54, 1.807) is 13.1 Å². The van der Waals surface area contributed by atoms with Gasteiger partial charge < -0.3 is 16.3 Å². The van der Waals surface area contributed by atoms with Crippen LogP contribution in [0.3, 0.4) is 0 Å². The average Bonchev–Trinajstić information content (AvgIpc) is 2.90. The van der Waals surface area contributed by atoms with Crippen LogP contribution in [0.1, 0.15) is 38.2 Å². The first kappa shape index (κ1) is 14.4. The molecule has 7 heteroatoms. The van der Waals surface area contributed by atoms with Crippen LogP contribution in [0.4, 0.5) is 0 Å². The lowest BCUT2D eigenvalue weighted by atomic mass is 9.85. The number of amidine groups is 1. The number of oxime groups is 1. The van der Waals surface area contributed by atoms with Gasteiger partial charge in [-0.2, -0.15) is 0 Å². The third-order valence-corrected chi connectivity index (χ3v) is 4.01. The molecular weight excluding hydrogens is 252 g/mol. The summed E-state index contributed by atoms with van der Waals surface area (Å²) in [5.41, 5.74) is 4.57. The van der Waals surface area contributed by atoms with Gasteiger partial charge in [-0.05, 0) is 20.3 Å². The van der Waals surface area contributed by atoms with Gasteiger partial charge in [0.25, 0.3) is 0 Å². The fourth-order valence-electron chi connectivity index (χ4n) is 1.43. The summed E-state index contributed by atoms with van der Waals surface area (Å²) in [5.74, 6) is -0.364. The fraction of sp³-hybridized carbons (Fsp3) is 0.545. The van der Waals surface area contributed by atoms with Gasteiger partial charge >= 0.3 is 0 Å². The van der Waals surface area contributed by atoms with Crippen LogP contribution in [0.25, 0.3) is 0 Å². The molecule has 0 spiro atoms. The second-order valence-electron chi connectivity index (χ2n) is 4.24. The van der Waals surface area contributed by atoms with E-state index in [1.165, 1.54) is 11.3 Å².